The van der Waals surface area contributed by atoms with Gasteiger partial charge in [0.15, 0.2) is 6.23 Å². The summed E-state index contributed by atoms with van der Waals surface area (Å²) in [5, 5.41) is 3.20. The van der Waals surface area contributed by atoms with E-state index >= 15 is 0 Å². The van der Waals surface area contributed by atoms with Gasteiger partial charge in [-0.3, -0.25) is 9.78 Å². The van der Waals surface area contributed by atoms with Crippen molar-refractivity contribution in [2.24, 2.45) is 5.92 Å². The second kappa shape index (κ2) is 8.33. The minimum absolute atomic E-state index is 0.0280. The van der Waals surface area contributed by atoms with Crippen LogP contribution in [-0.4, -0.2) is 64.2 Å². The molecule has 1 saturated carbocycles. The van der Waals surface area contributed by atoms with Gasteiger partial charge in [-0.25, -0.2) is 9.88 Å². The zero-order chi connectivity index (χ0) is 19.7. The lowest BCUT2D eigenvalue weighted by Gasteiger charge is -2.41. The van der Waals surface area contributed by atoms with E-state index in [1.807, 2.05) is 18.1 Å². The van der Waals surface area contributed by atoms with Crippen molar-refractivity contribution >= 4 is 5.91 Å². The Hall–Kier alpha value is -1.73. The third kappa shape index (κ3) is 4.30. The lowest BCUT2D eigenvalue weighted by Crippen LogP contribution is -2.57. The van der Waals surface area contributed by atoms with Crippen molar-refractivity contribution in [3.8, 4) is 5.88 Å². The zero-order valence-electron chi connectivity index (χ0n) is 17.3. The molecular weight excluding hydrogens is 354 g/mol. The fourth-order valence-corrected chi connectivity index (χ4v) is 4.45. The van der Waals surface area contributed by atoms with E-state index in [0.29, 0.717) is 30.4 Å². The van der Waals surface area contributed by atoms with Gasteiger partial charge in [0.05, 0.1) is 30.8 Å². The number of aromatic nitrogens is 2. The Morgan fingerprint density at radius 2 is 2.04 bits per heavy atom. The third-order valence-electron chi connectivity index (χ3n) is 6.22. The van der Waals surface area contributed by atoms with E-state index in [4.69, 9.17) is 4.74 Å². The molecule has 28 heavy (non-hydrogen) atoms. The van der Waals surface area contributed by atoms with Gasteiger partial charge in [-0.1, -0.05) is 13.8 Å². The van der Waals surface area contributed by atoms with Crippen LogP contribution in [0.3, 0.4) is 0 Å². The Morgan fingerprint density at radius 1 is 1.21 bits per heavy atom. The third-order valence-corrected chi connectivity index (χ3v) is 6.22. The molecule has 1 N–H and O–H groups in total. The van der Waals surface area contributed by atoms with Crippen LogP contribution in [0.1, 0.15) is 64.0 Å². The highest BCUT2D eigenvalue weighted by Gasteiger charge is 2.41. The van der Waals surface area contributed by atoms with Crippen molar-refractivity contribution in [1.82, 2.24) is 25.1 Å². The van der Waals surface area contributed by atoms with Crippen molar-refractivity contribution < 1.29 is 9.53 Å². The van der Waals surface area contributed by atoms with E-state index in [2.05, 4.69) is 34.0 Å². The highest BCUT2D eigenvalue weighted by molar-refractivity contribution is 5.82. The lowest BCUT2D eigenvalue weighted by molar-refractivity contribution is -0.141. The van der Waals surface area contributed by atoms with Crippen LogP contribution in [0.4, 0.5) is 0 Å². The standard InChI is InChI=1S/C21H33N5O2/c1-14(2)10-17(22-3)21(27)25-9-8-16-6-7-20(26(16)13-25)28-19-12-23-18(11-24-19)15-4-5-15/h11-12,14-17,20,22H,4-10,13H2,1-3H3/t16-,17+,20-/m0/s1. The number of hydrogen-bond acceptors (Lipinski definition) is 6. The summed E-state index contributed by atoms with van der Waals surface area (Å²) in [6.45, 7) is 5.78. The minimum atomic E-state index is -0.112. The van der Waals surface area contributed by atoms with Gasteiger partial charge < -0.3 is 15.0 Å². The predicted octanol–water partition coefficient (Wildman–Crippen LogP) is 2.35. The van der Waals surface area contributed by atoms with Crippen LogP contribution in [0.2, 0.25) is 0 Å². The number of ether oxygens (including phenoxy) is 1. The number of fused-ring (bicyclic) bond motifs is 1. The molecule has 0 radical (unpaired) electrons. The van der Waals surface area contributed by atoms with Crippen molar-refractivity contribution in [2.45, 2.75) is 76.6 Å². The Balaban J connectivity index is 1.38. The summed E-state index contributed by atoms with van der Waals surface area (Å²) in [6.07, 6.45) is 9.99. The monoisotopic (exact) mass is 387 g/mol. The highest BCUT2D eigenvalue weighted by atomic mass is 16.5. The maximum absolute atomic E-state index is 13.0. The summed E-state index contributed by atoms with van der Waals surface area (Å²) in [5.41, 5.74) is 1.08. The van der Waals surface area contributed by atoms with Gasteiger partial charge in [-0.05, 0) is 51.5 Å². The summed E-state index contributed by atoms with van der Waals surface area (Å²) < 4.78 is 6.18. The molecule has 1 aromatic rings. The summed E-state index contributed by atoms with van der Waals surface area (Å²) in [5.74, 6) is 1.88. The summed E-state index contributed by atoms with van der Waals surface area (Å²) in [6, 6.07) is 0.380. The lowest BCUT2D eigenvalue weighted by atomic mass is 10.0. The largest absolute Gasteiger partial charge is 0.457 e. The number of carbonyl (C=O) groups excluding carboxylic acids is 1. The van der Waals surface area contributed by atoms with Gasteiger partial charge in [0, 0.05) is 18.5 Å². The molecule has 1 aromatic heterocycles. The summed E-state index contributed by atoms with van der Waals surface area (Å²) >= 11 is 0. The Morgan fingerprint density at radius 3 is 2.68 bits per heavy atom. The highest BCUT2D eigenvalue weighted by Crippen LogP contribution is 2.39. The minimum Gasteiger partial charge on any atom is -0.457 e. The predicted molar refractivity (Wildman–Crippen MR) is 107 cm³/mol. The molecular formula is C21H33N5O2. The number of nitrogens with zero attached hydrogens (tertiary/aromatic N) is 4. The first-order chi connectivity index (χ1) is 13.5. The van der Waals surface area contributed by atoms with Gasteiger partial charge in [0.1, 0.15) is 0 Å². The van der Waals surface area contributed by atoms with E-state index < -0.39 is 0 Å². The van der Waals surface area contributed by atoms with Crippen LogP contribution in [0.25, 0.3) is 0 Å². The number of hydrogen-bond donors (Lipinski definition) is 1. The van der Waals surface area contributed by atoms with Crippen LogP contribution in [0, 0.1) is 5.92 Å². The van der Waals surface area contributed by atoms with Crippen LogP contribution >= 0.6 is 0 Å². The molecule has 2 saturated heterocycles. The van der Waals surface area contributed by atoms with E-state index in [-0.39, 0.29) is 18.2 Å². The molecule has 1 aliphatic carbocycles. The van der Waals surface area contributed by atoms with Gasteiger partial charge in [0.2, 0.25) is 11.8 Å². The Bertz CT molecular complexity index is 676. The molecule has 3 aliphatic rings. The molecule has 3 atom stereocenters. The molecule has 7 nitrogen and oxygen atoms in total. The first kappa shape index (κ1) is 19.6. The van der Waals surface area contributed by atoms with Crippen LogP contribution in [0.5, 0.6) is 5.88 Å². The van der Waals surface area contributed by atoms with Crippen molar-refractivity contribution in [2.75, 3.05) is 20.3 Å². The number of amides is 1. The summed E-state index contributed by atoms with van der Waals surface area (Å²) in [7, 11) is 1.88. The molecule has 3 heterocycles. The van der Waals surface area contributed by atoms with Crippen LogP contribution in [-0.2, 0) is 4.79 Å². The normalized spacial score (nSPS) is 26.4. The van der Waals surface area contributed by atoms with Crippen molar-refractivity contribution in [3.63, 3.8) is 0 Å². The first-order valence-electron chi connectivity index (χ1n) is 10.8. The maximum atomic E-state index is 13.0. The first-order valence-corrected chi connectivity index (χ1v) is 10.8. The molecule has 4 rings (SSSR count). The fourth-order valence-electron chi connectivity index (χ4n) is 4.45. The quantitative estimate of drug-likeness (QED) is 0.774. The Labute approximate surface area is 167 Å². The van der Waals surface area contributed by atoms with Crippen LogP contribution in [0.15, 0.2) is 12.4 Å². The molecule has 2 aliphatic heterocycles. The van der Waals surface area contributed by atoms with E-state index in [1.54, 1.807) is 6.20 Å². The van der Waals surface area contributed by atoms with Gasteiger partial charge in [-0.2, -0.15) is 0 Å². The van der Waals surface area contributed by atoms with Crippen molar-refractivity contribution in [1.29, 1.82) is 0 Å². The molecule has 154 valence electrons. The number of carbonyl (C=O) groups is 1. The molecule has 0 unspecified atom stereocenters. The average Bonchev–Trinajstić information content (AvgIpc) is 3.48. The molecule has 0 bridgehead atoms. The second-order valence-electron chi connectivity index (χ2n) is 8.87. The van der Waals surface area contributed by atoms with Crippen molar-refractivity contribution in [3.05, 3.63) is 18.1 Å². The topological polar surface area (TPSA) is 70.6 Å². The average molecular weight is 388 g/mol. The number of nitrogens with one attached hydrogen (secondary N) is 1. The summed E-state index contributed by atoms with van der Waals surface area (Å²) in [4.78, 5) is 26.3. The molecule has 0 spiro atoms. The SMILES string of the molecule is CN[C@H](CC(C)C)C(=O)N1CC[C@@H]2CC[C@H](Oc3cnc(C4CC4)cn3)N2C1. The van der Waals surface area contributed by atoms with E-state index in [9.17, 15) is 4.79 Å². The number of likely N-dealkylation sites (N-methyl/N-ethyl adjacent to an activating group) is 1. The molecule has 1 amide bonds. The zero-order valence-corrected chi connectivity index (χ0v) is 17.3. The Kier molecular flexibility index (Phi) is 5.83. The maximum Gasteiger partial charge on any atom is 0.240 e. The van der Waals surface area contributed by atoms with Gasteiger partial charge in [0.25, 0.3) is 0 Å². The van der Waals surface area contributed by atoms with E-state index in [1.165, 1.54) is 12.8 Å². The number of rotatable bonds is 7. The smallest absolute Gasteiger partial charge is 0.240 e. The molecule has 3 fully saturated rings. The van der Waals surface area contributed by atoms with Crippen LogP contribution < -0.4 is 10.1 Å². The molecule has 7 heteroatoms. The van der Waals surface area contributed by atoms with Gasteiger partial charge >= 0.3 is 0 Å². The molecule has 0 aromatic carbocycles. The van der Waals surface area contributed by atoms with Gasteiger partial charge in [-0.15, -0.1) is 0 Å². The second-order valence-corrected chi connectivity index (χ2v) is 8.87. The fraction of sp³-hybridized carbons (Fsp3) is 0.762. The van der Waals surface area contributed by atoms with E-state index in [0.717, 1.165) is 37.9 Å².